The zero-order valence-corrected chi connectivity index (χ0v) is 23.8. The monoisotopic (exact) mass is 570 g/mol. The Morgan fingerprint density at radius 3 is 2.38 bits per heavy atom. The number of para-hydroxylation sites is 1. The van der Waals surface area contributed by atoms with Crippen molar-refractivity contribution in [2.24, 2.45) is 5.92 Å². The second kappa shape index (κ2) is 12.5. The molecular weight excluding hydrogens is 531 g/mol. The zero-order valence-electron chi connectivity index (χ0n) is 23.0. The summed E-state index contributed by atoms with van der Waals surface area (Å²) in [4.78, 5) is 15.8. The highest BCUT2D eigenvalue weighted by molar-refractivity contribution is 7.79. The smallest absolute Gasteiger partial charge is 0.274 e. The lowest BCUT2D eigenvalue weighted by Crippen LogP contribution is -2.50. The number of hydrogen-bond acceptors (Lipinski definition) is 5. The minimum atomic E-state index is -1.87. The van der Waals surface area contributed by atoms with E-state index in [1.807, 2.05) is 17.0 Å². The van der Waals surface area contributed by atoms with Crippen LogP contribution in [-0.2, 0) is 24.0 Å². The highest BCUT2D eigenvalue weighted by atomic mass is 32.2. The number of carbonyl (C=O) groups excluding carboxylic acids is 1. The lowest BCUT2D eigenvalue weighted by molar-refractivity contribution is 0.0183. The largest absolute Gasteiger partial charge is 0.344 e. The number of alkyl halides is 1. The summed E-state index contributed by atoms with van der Waals surface area (Å²) in [5, 5.41) is 10.1. The molecular formula is C30H39FN4O4S. The predicted molar refractivity (Wildman–Crippen MR) is 155 cm³/mol. The summed E-state index contributed by atoms with van der Waals surface area (Å²) in [6.45, 7) is 6.41. The Balaban J connectivity index is 1.21. The normalized spacial score (nSPS) is 19.6. The highest BCUT2D eigenvalue weighted by Crippen LogP contribution is 2.32. The molecule has 1 amide bonds. The number of nitrogens with zero attached hydrogens (tertiary/aromatic N) is 3. The Labute approximate surface area is 237 Å². The average molecular weight is 571 g/mol. The number of rotatable bonds is 9. The maximum absolute atomic E-state index is 15.6. The molecule has 1 aromatic heterocycles. The molecule has 10 heteroatoms. The van der Waals surface area contributed by atoms with E-state index in [1.165, 1.54) is 22.2 Å². The summed E-state index contributed by atoms with van der Waals surface area (Å²) in [5.41, 5.74) is 5.73. The molecule has 2 aromatic carbocycles. The average Bonchev–Trinajstić information content (AvgIpc) is 3.21. The van der Waals surface area contributed by atoms with Gasteiger partial charge >= 0.3 is 0 Å². The molecule has 5 rings (SSSR count). The Kier molecular flexibility index (Phi) is 9.01. The van der Waals surface area contributed by atoms with Gasteiger partial charge in [0.25, 0.3) is 5.91 Å². The quantitative estimate of drug-likeness (QED) is 0.201. The molecule has 216 valence electrons. The SMILES string of the molecule is Cc1c(Cc2ccc(C(=O)NO)cc2)c2ccccc2n1CC1CCN(CC2(F)CCN(CS(=O)O)CC2)CC1. The minimum absolute atomic E-state index is 0.103. The molecule has 0 saturated carbocycles. The fraction of sp³-hybridized carbons (Fsp3) is 0.500. The number of likely N-dealkylation sites (tertiary alicyclic amines) is 2. The topological polar surface area (TPSA) is 98.0 Å². The highest BCUT2D eigenvalue weighted by Gasteiger charge is 2.37. The van der Waals surface area contributed by atoms with E-state index in [9.17, 15) is 9.00 Å². The molecule has 0 bridgehead atoms. The van der Waals surface area contributed by atoms with Crippen LogP contribution in [-0.4, -0.2) is 78.5 Å². The van der Waals surface area contributed by atoms with E-state index in [4.69, 9.17) is 9.76 Å². The molecule has 2 fully saturated rings. The number of hydrogen-bond donors (Lipinski definition) is 3. The van der Waals surface area contributed by atoms with Crippen LogP contribution in [0.1, 0.15) is 52.9 Å². The zero-order chi connectivity index (χ0) is 28.3. The van der Waals surface area contributed by atoms with Crippen LogP contribution in [0.3, 0.4) is 0 Å². The first kappa shape index (κ1) is 28.9. The van der Waals surface area contributed by atoms with Crippen molar-refractivity contribution in [1.29, 1.82) is 0 Å². The van der Waals surface area contributed by atoms with Crippen LogP contribution in [0, 0.1) is 12.8 Å². The van der Waals surface area contributed by atoms with Gasteiger partial charge in [0.15, 0.2) is 11.1 Å². The van der Waals surface area contributed by atoms with Crippen molar-refractivity contribution in [3.05, 3.63) is 70.9 Å². The minimum Gasteiger partial charge on any atom is -0.344 e. The summed E-state index contributed by atoms with van der Waals surface area (Å²) in [5.74, 6) is 0.105. The summed E-state index contributed by atoms with van der Waals surface area (Å²) in [7, 11) is 0. The summed E-state index contributed by atoms with van der Waals surface area (Å²) < 4.78 is 38.2. The third-order valence-electron chi connectivity index (χ3n) is 8.76. The maximum atomic E-state index is 15.6. The molecule has 3 N–H and O–H groups in total. The molecule has 2 aliphatic rings. The number of benzene rings is 2. The first-order chi connectivity index (χ1) is 19.2. The van der Waals surface area contributed by atoms with Gasteiger partial charge < -0.3 is 14.0 Å². The Morgan fingerprint density at radius 1 is 1.05 bits per heavy atom. The molecule has 40 heavy (non-hydrogen) atoms. The lowest BCUT2D eigenvalue weighted by atomic mass is 9.90. The number of piperidine rings is 2. The van der Waals surface area contributed by atoms with Crippen LogP contribution in [0.5, 0.6) is 0 Å². The van der Waals surface area contributed by atoms with E-state index in [1.54, 1.807) is 17.6 Å². The van der Waals surface area contributed by atoms with Crippen molar-refractivity contribution in [2.75, 3.05) is 38.6 Å². The molecule has 0 aliphatic carbocycles. The lowest BCUT2D eigenvalue weighted by Gasteiger charge is -2.41. The van der Waals surface area contributed by atoms with E-state index >= 15 is 4.39 Å². The van der Waals surface area contributed by atoms with Crippen molar-refractivity contribution in [1.82, 2.24) is 19.8 Å². The molecule has 3 aromatic rings. The number of nitrogens with one attached hydrogen (secondary N) is 1. The third-order valence-corrected chi connectivity index (χ3v) is 9.35. The number of aromatic nitrogens is 1. The van der Waals surface area contributed by atoms with Crippen LogP contribution in [0.25, 0.3) is 10.9 Å². The van der Waals surface area contributed by atoms with Crippen molar-refractivity contribution in [3.63, 3.8) is 0 Å². The van der Waals surface area contributed by atoms with Gasteiger partial charge in [-0.2, -0.15) is 0 Å². The Bertz CT molecular complexity index is 1350. The van der Waals surface area contributed by atoms with Crippen molar-refractivity contribution in [3.8, 4) is 0 Å². The van der Waals surface area contributed by atoms with Gasteiger partial charge in [-0.15, -0.1) is 0 Å². The molecule has 3 heterocycles. The molecule has 0 radical (unpaired) electrons. The second-order valence-corrected chi connectivity index (χ2v) is 12.3. The van der Waals surface area contributed by atoms with Gasteiger partial charge in [0.05, 0.1) is 0 Å². The van der Waals surface area contributed by atoms with Crippen LogP contribution < -0.4 is 5.48 Å². The van der Waals surface area contributed by atoms with E-state index in [0.717, 1.165) is 44.5 Å². The van der Waals surface area contributed by atoms with Gasteiger partial charge in [-0.1, -0.05) is 30.3 Å². The standard InChI is InChI=1S/C30H39FN4O4S/c1-22-27(18-23-6-8-25(9-7-23)29(36)32-37)26-4-2-3-5-28(26)35(22)19-24-10-14-33(15-11-24)20-30(31)12-16-34(17-13-30)21-40(38)39/h2-9,24,37H,10-21H2,1H3,(H,32,36)(H,38,39). The van der Waals surface area contributed by atoms with Crippen LogP contribution >= 0.6 is 0 Å². The van der Waals surface area contributed by atoms with E-state index < -0.39 is 22.7 Å². The fourth-order valence-electron chi connectivity index (χ4n) is 6.39. The molecule has 1 atom stereocenters. The second-order valence-electron chi connectivity index (χ2n) is 11.4. The van der Waals surface area contributed by atoms with E-state index in [2.05, 4.69) is 40.7 Å². The first-order valence-corrected chi connectivity index (χ1v) is 15.3. The molecule has 2 saturated heterocycles. The van der Waals surface area contributed by atoms with E-state index in [0.29, 0.717) is 44.0 Å². The Hall–Kier alpha value is -2.63. The molecule has 2 aliphatic heterocycles. The van der Waals surface area contributed by atoms with Crippen LogP contribution in [0.2, 0.25) is 0 Å². The van der Waals surface area contributed by atoms with Gasteiger partial charge in [0.1, 0.15) is 11.5 Å². The number of hydroxylamine groups is 1. The third kappa shape index (κ3) is 6.63. The van der Waals surface area contributed by atoms with Gasteiger partial charge in [0, 0.05) is 48.3 Å². The summed E-state index contributed by atoms with van der Waals surface area (Å²) in [6.07, 6.45) is 3.64. The van der Waals surface area contributed by atoms with Crippen molar-refractivity contribution >= 4 is 27.9 Å². The van der Waals surface area contributed by atoms with Crippen LogP contribution in [0.15, 0.2) is 48.5 Å². The van der Waals surface area contributed by atoms with Gasteiger partial charge in [-0.05, 0) is 87.4 Å². The van der Waals surface area contributed by atoms with Gasteiger partial charge in [-0.25, -0.2) is 14.1 Å². The molecule has 1 unspecified atom stereocenters. The first-order valence-electron chi connectivity index (χ1n) is 14.1. The van der Waals surface area contributed by atoms with Crippen molar-refractivity contribution in [2.45, 2.75) is 51.2 Å². The number of halogens is 1. The maximum Gasteiger partial charge on any atom is 0.274 e. The predicted octanol–water partition coefficient (Wildman–Crippen LogP) is 4.35. The Morgan fingerprint density at radius 2 is 1.73 bits per heavy atom. The van der Waals surface area contributed by atoms with E-state index in [-0.39, 0.29) is 5.88 Å². The molecule has 8 nitrogen and oxygen atoms in total. The van der Waals surface area contributed by atoms with Gasteiger partial charge in [0.2, 0.25) is 0 Å². The van der Waals surface area contributed by atoms with Crippen molar-refractivity contribution < 1.29 is 23.2 Å². The van der Waals surface area contributed by atoms with Gasteiger partial charge in [-0.3, -0.25) is 14.9 Å². The van der Waals surface area contributed by atoms with Crippen LogP contribution in [0.4, 0.5) is 4.39 Å². The molecule has 0 spiro atoms. The number of carbonyl (C=O) groups is 1. The number of amides is 1. The summed E-state index contributed by atoms with van der Waals surface area (Å²) in [6, 6.07) is 15.8. The summed E-state index contributed by atoms with van der Waals surface area (Å²) >= 11 is -1.87. The fourth-order valence-corrected chi connectivity index (χ4v) is 6.96. The number of fused-ring (bicyclic) bond motifs is 1.